The van der Waals surface area contributed by atoms with Crippen molar-refractivity contribution in [3.63, 3.8) is 0 Å². The number of phenolic OH excluding ortho intramolecular Hbond substituents is 1. The van der Waals surface area contributed by atoms with Crippen molar-refractivity contribution in [2.24, 2.45) is 0 Å². The summed E-state index contributed by atoms with van der Waals surface area (Å²) in [6, 6.07) is 11.3. The lowest BCUT2D eigenvalue weighted by molar-refractivity contribution is 0.367. The van der Waals surface area contributed by atoms with Gasteiger partial charge in [0.2, 0.25) is 0 Å². The van der Waals surface area contributed by atoms with Crippen LogP contribution in [0.3, 0.4) is 0 Å². The second kappa shape index (κ2) is 5.02. The normalized spacial score (nSPS) is 10.7. The molecule has 5 heteroatoms. The van der Waals surface area contributed by atoms with E-state index in [-0.39, 0.29) is 5.75 Å². The van der Waals surface area contributed by atoms with Gasteiger partial charge in [0.1, 0.15) is 10.8 Å². The van der Waals surface area contributed by atoms with E-state index in [4.69, 9.17) is 9.47 Å². The number of fused-ring (bicyclic) bond motifs is 1. The number of nitrogens with zero attached hydrogens (tertiary/aromatic N) is 1. The molecular weight excluding hydrogens is 274 g/mol. The van der Waals surface area contributed by atoms with E-state index in [0.717, 1.165) is 10.2 Å². The molecule has 0 spiro atoms. The minimum absolute atomic E-state index is 0.0471. The fourth-order valence-corrected chi connectivity index (χ4v) is 3.09. The van der Waals surface area contributed by atoms with Gasteiger partial charge in [0.05, 0.1) is 30.0 Å². The number of phenols is 1. The van der Waals surface area contributed by atoms with Crippen LogP contribution in [0.25, 0.3) is 20.8 Å². The Labute approximate surface area is 120 Å². The summed E-state index contributed by atoms with van der Waals surface area (Å²) in [6.45, 7) is 0. The maximum atomic E-state index is 10.3. The van der Waals surface area contributed by atoms with Gasteiger partial charge in [-0.2, -0.15) is 0 Å². The molecule has 1 heterocycles. The van der Waals surface area contributed by atoms with Gasteiger partial charge in [-0.15, -0.1) is 11.3 Å². The quantitative estimate of drug-likeness (QED) is 0.798. The van der Waals surface area contributed by atoms with Crippen molar-refractivity contribution in [3.8, 4) is 27.8 Å². The molecule has 1 aromatic heterocycles. The molecule has 0 saturated heterocycles. The molecule has 1 N–H and O–H groups in total. The van der Waals surface area contributed by atoms with Crippen LogP contribution in [0.15, 0.2) is 36.4 Å². The number of rotatable bonds is 3. The zero-order chi connectivity index (χ0) is 14.1. The van der Waals surface area contributed by atoms with E-state index in [9.17, 15) is 5.11 Å². The SMILES string of the molecule is COc1ccc(OC)c(-c2nc3ccccc3s2)c1O. The van der Waals surface area contributed by atoms with Crippen molar-refractivity contribution in [1.82, 2.24) is 4.98 Å². The first-order valence-corrected chi connectivity index (χ1v) is 6.86. The Balaban J connectivity index is 2.26. The molecule has 3 rings (SSSR count). The van der Waals surface area contributed by atoms with Crippen LogP contribution in [0.2, 0.25) is 0 Å². The third-order valence-electron chi connectivity index (χ3n) is 3.05. The largest absolute Gasteiger partial charge is 0.504 e. The lowest BCUT2D eigenvalue weighted by atomic mass is 10.1. The number of aromatic nitrogens is 1. The summed E-state index contributed by atoms with van der Waals surface area (Å²) in [5.74, 6) is 1.02. The molecular formula is C15H13NO3S. The van der Waals surface area contributed by atoms with Gasteiger partial charge in [-0.3, -0.25) is 0 Å². The Bertz CT molecular complexity index is 734. The first-order valence-electron chi connectivity index (χ1n) is 6.04. The third-order valence-corrected chi connectivity index (χ3v) is 4.10. The zero-order valence-electron chi connectivity index (χ0n) is 11.1. The Kier molecular flexibility index (Phi) is 3.20. The molecule has 0 aliphatic carbocycles. The molecule has 0 bridgehead atoms. The van der Waals surface area contributed by atoms with Crippen LogP contribution in [0.4, 0.5) is 0 Å². The van der Waals surface area contributed by atoms with E-state index in [1.54, 1.807) is 19.2 Å². The van der Waals surface area contributed by atoms with Gasteiger partial charge >= 0.3 is 0 Å². The van der Waals surface area contributed by atoms with E-state index in [2.05, 4.69) is 4.98 Å². The van der Waals surface area contributed by atoms with Gasteiger partial charge in [0.25, 0.3) is 0 Å². The first kappa shape index (κ1) is 12.7. The lowest BCUT2D eigenvalue weighted by Crippen LogP contribution is -1.91. The number of hydrogen-bond acceptors (Lipinski definition) is 5. The van der Waals surface area contributed by atoms with E-state index >= 15 is 0 Å². The topological polar surface area (TPSA) is 51.6 Å². The molecule has 3 aromatic rings. The highest BCUT2D eigenvalue weighted by Gasteiger charge is 2.19. The summed E-state index contributed by atoms with van der Waals surface area (Å²) in [7, 11) is 3.09. The van der Waals surface area contributed by atoms with Crippen molar-refractivity contribution in [2.75, 3.05) is 14.2 Å². The number of ether oxygens (including phenoxy) is 2. The third kappa shape index (κ3) is 1.96. The smallest absolute Gasteiger partial charge is 0.171 e. The molecule has 4 nitrogen and oxygen atoms in total. The number of para-hydroxylation sites is 1. The summed E-state index contributed by atoms with van der Waals surface area (Å²) in [5.41, 5.74) is 1.46. The van der Waals surface area contributed by atoms with Gasteiger partial charge < -0.3 is 14.6 Å². The van der Waals surface area contributed by atoms with Gasteiger partial charge in [-0.1, -0.05) is 12.1 Å². The molecule has 0 aliphatic heterocycles. The van der Waals surface area contributed by atoms with Crippen LogP contribution in [-0.4, -0.2) is 24.3 Å². The first-order chi connectivity index (χ1) is 9.74. The summed E-state index contributed by atoms with van der Waals surface area (Å²) >= 11 is 1.51. The van der Waals surface area contributed by atoms with Crippen molar-refractivity contribution in [2.45, 2.75) is 0 Å². The van der Waals surface area contributed by atoms with Crippen LogP contribution >= 0.6 is 11.3 Å². The molecule has 0 saturated carbocycles. The summed E-state index contributed by atoms with van der Waals surface area (Å²) in [6.07, 6.45) is 0. The molecule has 0 fully saturated rings. The molecule has 20 heavy (non-hydrogen) atoms. The molecule has 0 atom stereocenters. The number of methoxy groups -OCH3 is 2. The Morgan fingerprint density at radius 1 is 1.00 bits per heavy atom. The van der Waals surface area contributed by atoms with Gasteiger partial charge in [-0.05, 0) is 24.3 Å². The summed E-state index contributed by atoms with van der Waals surface area (Å²) < 4.78 is 11.5. The average molecular weight is 287 g/mol. The van der Waals surface area contributed by atoms with Crippen molar-refractivity contribution in [1.29, 1.82) is 0 Å². The van der Waals surface area contributed by atoms with Gasteiger partial charge in [-0.25, -0.2) is 4.98 Å². The van der Waals surface area contributed by atoms with Crippen molar-refractivity contribution < 1.29 is 14.6 Å². The second-order valence-electron chi connectivity index (χ2n) is 4.18. The molecule has 0 amide bonds. The van der Waals surface area contributed by atoms with Crippen molar-refractivity contribution in [3.05, 3.63) is 36.4 Å². The van der Waals surface area contributed by atoms with Crippen LogP contribution in [0.5, 0.6) is 17.2 Å². The van der Waals surface area contributed by atoms with Crippen LogP contribution < -0.4 is 9.47 Å². The standard InChI is InChI=1S/C15H13NO3S/c1-18-10-7-8-11(19-2)14(17)13(10)15-16-9-5-3-4-6-12(9)20-15/h3-8,17H,1-2H3. The molecule has 0 radical (unpaired) electrons. The average Bonchev–Trinajstić information content (AvgIpc) is 2.90. The van der Waals surface area contributed by atoms with E-state index in [1.165, 1.54) is 18.4 Å². The number of benzene rings is 2. The summed E-state index contributed by atoms with van der Waals surface area (Å²) in [4.78, 5) is 4.55. The van der Waals surface area contributed by atoms with Crippen LogP contribution in [0.1, 0.15) is 0 Å². The summed E-state index contributed by atoms with van der Waals surface area (Å²) in [5, 5.41) is 11.0. The highest BCUT2D eigenvalue weighted by atomic mass is 32.1. The predicted molar refractivity (Wildman–Crippen MR) is 79.8 cm³/mol. The lowest BCUT2D eigenvalue weighted by Gasteiger charge is -2.11. The Morgan fingerprint density at radius 3 is 2.40 bits per heavy atom. The van der Waals surface area contributed by atoms with E-state index in [0.29, 0.717) is 22.1 Å². The van der Waals surface area contributed by atoms with Gasteiger partial charge in [0, 0.05) is 0 Å². The second-order valence-corrected chi connectivity index (χ2v) is 5.21. The zero-order valence-corrected chi connectivity index (χ0v) is 11.9. The van der Waals surface area contributed by atoms with Gasteiger partial charge in [0.15, 0.2) is 11.5 Å². The highest BCUT2D eigenvalue weighted by Crippen LogP contribution is 2.45. The van der Waals surface area contributed by atoms with Crippen LogP contribution in [-0.2, 0) is 0 Å². The molecule has 102 valence electrons. The number of hydrogen-bond donors (Lipinski definition) is 1. The minimum atomic E-state index is 0.0471. The highest BCUT2D eigenvalue weighted by molar-refractivity contribution is 7.21. The monoisotopic (exact) mass is 287 g/mol. The minimum Gasteiger partial charge on any atom is -0.504 e. The fourth-order valence-electron chi connectivity index (χ4n) is 2.07. The maximum Gasteiger partial charge on any atom is 0.171 e. The number of aromatic hydroxyl groups is 1. The fraction of sp³-hybridized carbons (Fsp3) is 0.133. The van der Waals surface area contributed by atoms with E-state index < -0.39 is 0 Å². The van der Waals surface area contributed by atoms with Crippen molar-refractivity contribution >= 4 is 21.6 Å². The Hall–Kier alpha value is -2.27. The molecule has 0 aliphatic rings. The molecule has 2 aromatic carbocycles. The Morgan fingerprint density at radius 2 is 1.70 bits per heavy atom. The van der Waals surface area contributed by atoms with E-state index in [1.807, 2.05) is 24.3 Å². The predicted octanol–water partition coefficient (Wildman–Crippen LogP) is 3.69. The molecule has 0 unspecified atom stereocenters. The number of thiazole rings is 1. The van der Waals surface area contributed by atoms with Crippen LogP contribution in [0, 0.1) is 0 Å². The maximum absolute atomic E-state index is 10.3.